The maximum absolute atomic E-state index is 12.5. The number of benzene rings is 1. The first-order chi connectivity index (χ1) is 10.9. The second-order valence-corrected chi connectivity index (χ2v) is 6.87. The van der Waals surface area contributed by atoms with Crippen LogP contribution in [0.25, 0.3) is 11.4 Å². The third kappa shape index (κ3) is 3.88. The molecule has 0 unspecified atom stereocenters. The minimum Gasteiger partial charge on any atom is -0.338 e. The topological polar surface area (TPSA) is 64.7 Å². The lowest BCUT2D eigenvalue weighted by Crippen LogP contribution is -2.04. The van der Waals surface area contributed by atoms with Crippen LogP contribution in [0.15, 0.2) is 33.1 Å². The van der Waals surface area contributed by atoms with Crippen LogP contribution in [-0.4, -0.2) is 20.3 Å². The first kappa shape index (κ1) is 15.9. The Bertz CT molecular complexity index is 798. The second-order valence-electron chi connectivity index (χ2n) is 4.46. The zero-order valence-electron chi connectivity index (χ0n) is 11.7. The molecule has 10 heteroatoms. The van der Waals surface area contributed by atoms with E-state index in [-0.39, 0.29) is 5.82 Å². The van der Waals surface area contributed by atoms with Gasteiger partial charge in [0.2, 0.25) is 11.7 Å². The minimum atomic E-state index is -4.36. The monoisotopic (exact) mass is 358 g/mol. The van der Waals surface area contributed by atoms with E-state index in [2.05, 4.69) is 20.3 Å². The number of hydrogen-bond donors (Lipinski definition) is 0. The van der Waals surface area contributed by atoms with E-state index in [4.69, 9.17) is 4.52 Å². The van der Waals surface area contributed by atoms with Crippen molar-refractivity contribution < 1.29 is 17.7 Å². The standard InChI is InChI=1S/C13H9F3N4OS2/c1-7-18-19-12(23-7)22-6-10-17-11(20-21-10)8-2-4-9(5-3-8)13(14,15)16/h2-5H,6H2,1H3. The maximum Gasteiger partial charge on any atom is 0.416 e. The lowest BCUT2D eigenvalue weighted by Gasteiger charge is -2.05. The summed E-state index contributed by atoms with van der Waals surface area (Å²) in [5.74, 6) is 1.04. The molecule has 0 bridgehead atoms. The van der Waals surface area contributed by atoms with E-state index < -0.39 is 11.7 Å². The van der Waals surface area contributed by atoms with Crippen molar-refractivity contribution in [1.29, 1.82) is 0 Å². The summed E-state index contributed by atoms with van der Waals surface area (Å²) in [6, 6.07) is 4.62. The van der Waals surface area contributed by atoms with Crippen LogP contribution in [0.1, 0.15) is 16.5 Å². The molecule has 2 aromatic heterocycles. The van der Waals surface area contributed by atoms with E-state index in [9.17, 15) is 13.2 Å². The highest BCUT2D eigenvalue weighted by Gasteiger charge is 2.30. The van der Waals surface area contributed by atoms with E-state index >= 15 is 0 Å². The fraction of sp³-hybridized carbons (Fsp3) is 0.231. The molecule has 0 N–H and O–H groups in total. The molecule has 2 heterocycles. The summed E-state index contributed by atoms with van der Waals surface area (Å²) < 4.78 is 43.5. The van der Waals surface area contributed by atoms with Crippen molar-refractivity contribution in [2.24, 2.45) is 0 Å². The third-order valence-corrected chi connectivity index (χ3v) is 4.72. The average Bonchev–Trinajstić information content (AvgIpc) is 3.13. The molecule has 120 valence electrons. The van der Waals surface area contributed by atoms with Gasteiger partial charge in [-0.3, -0.25) is 0 Å². The van der Waals surface area contributed by atoms with Gasteiger partial charge in [0.1, 0.15) is 5.01 Å². The third-order valence-electron chi connectivity index (χ3n) is 2.77. The number of alkyl halides is 3. The van der Waals surface area contributed by atoms with Crippen molar-refractivity contribution in [1.82, 2.24) is 20.3 Å². The van der Waals surface area contributed by atoms with Gasteiger partial charge in [0.15, 0.2) is 4.34 Å². The summed E-state index contributed by atoms with van der Waals surface area (Å²) in [7, 11) is 0. The Morgan fingerprint density at radius 1 is 1.17 bits per heavy atom. The van der Waals surface area contributed by atoms with Crippen molar-refractivity contribution in [2.45, 2.75) is 23.2 Å². The molecule has 0 spiro atoms. The van der Waals surface area contributed by atoms with E-state index in [0.29, 0.717) is 17.2 Å². The smallest absolute Gasteiger partial charge is 0.338 e. The van der Waals surface area contributed by atoms with E-state index in [0.717, 1.165) is 21.5 Å². The van der Waals surface area contributed by atoms with Crippen LogP contribution in [0.2, 0.25) is 0 Å². The van der Waals surface area contributed by atoms with Gasteiger partial charge in [-0.15, -0.1) is 10.2 Å². The van der Waals surface area contributed by atoms with E-state index in [1.54, 1.807) is 0 Å². The molecule has 0 amide bonds. The van der Waals surface area contributed by atoms with Crippen molar-refractivity contribution in [3.8, 4) is 11.4 Å². The zero-order valence-corrected chi connectivity index (χ0v) is 13.3. The van der Waals surface area contributed by atoms with Crippen LogP contribution < -0.4 is 0 Å². The van der Waals surface area contributed by atoms with Crippen LogP contribution >= 0.6 is 23.1 Å². The van der Waals surface area contributed by atoms with Crippen LogP contribution in [0.3, 0.4) is 0 Å². The normalized spacial score (nSPS) is 11.8. The number of thioether (sulfide) groups is 1. The highest BCUT2D eigenvalue weighted by molar-refractivity contribution is 8.00. The largest absolute Gasteiger partial charge is 0.416 e. The van der Waals surface area contributed by atoms with Gasteiger partial charge in [-0.05, 0) is 19.1 Å². The Kier molecular flexibility index (Phi) is 4.35. The molecule has 0 aliphatic carbocycles. The van der Waals surface area contributed by atoms with Gasteiger partial charge < -0.3 is 4.52 Å². The number of aromatic nitrogens is 4. The predicted molar refractivity (Wildman–Crippen MR) is 78.9 cm³/mol. The molecule has 3 rings (SSSR count). The highest BCUT2D eigenvalue weighted by Crippen LogP contribution is 2.31. The summed E-state index contributed by atoms with van der Waals surface area (Å²) in [6.45, 7) is 1.86. The maximum atomic E-state index is 12.5. The summed E-state index contributed by atoms with van der Waals surface area (Å²) in [4.78, 5) is 4.17. The lowest BCUT2D eigenvalue weighted by atomic mass is 10.1. The molecule has 0 aliphatic rings. The van der Waals surface area contributed by atoms with Crippen LogP contribution in [0.4, 0.5) is 13.2 Å². The van der Waals surface area contributed by atoms with E-state index in [1.807, 2.05) is 6.92 Å². The Hall–Kier alpha value is -1.94. The van der Waals surface area contributed by atoms with Crippen molar-refractivity contribution in [3.05, 3.63) is 40.7 Å². The van der Waals surface area contributed by atoms with Gasteiger partial charge >= 0.3 is 6.18 Å². The molecule has 23 heavy (non-hydrogen) atoms. The summed E-state index contributed by atoms with van der Waals surface area (Å²) >= 11 is 2.87. The summed E-state index contributed by atoms with van der Waals surface area (Å²) in [6.07, 6.45) is -4.36. The highest BCUT2D eigenvalue weighted by atomic mass is 32.2. The van der Waals surface area contributed by atoms with Crippen LogP contribution in [-0.2, 0) is 11.9 Å². The second kappa shape index (κ2) is 6.28. The molecule has 0 saturated carbocycles. The van der Waals surface area contributed by atoms with Gasteiger partial charge in [-0.2, -0.15) is 18.2 Å². The Labute approximate surface area is 136 Å². The van der Waals surface area contributed by atoms with Crippen molar-refractivity contribution in [2.75, 3.05) is 0 Å². The molecule has 0 fully saturated rings. The molecule has 0 saturated heterocycles. The molecular weight excluding hydrogens is 349 g/mol. The number of rotatable bonds is 4. The molecule has 0 atom stereocenters. The SMILES string of the molecule is Cc1nnc(SCc2nc(-c3ccc(C(F)(F)F)cc3)no2)s1. The predicted octanol–water partition coefficient (Wildman–Crippen LogP) is 4.21. The Morgan fingerprint density at radius 2 is 1.91 bits per heavy atom. The zero-order chi connectivity index (χ0) is 16.4. The van der Waals surface area contributed by atoms with Gasteiger partial charge in [0.25, 0.3) is 0 Å². The van der Waals surface area contributed by atoms with Crippen LogP contribution in [0, 0.1) is 6.92 Å². The number of aryl methyl sites for hydroxylation is 1. The first-order valence-corrected chi connectivity index (χ1v) is 8.15. The Balaban J connectivity index is 1.69. The molecule has 3 aromatic rings. The van der Waals surface area contributed by atoms with Crippen molar-refractivity contribution in [3.63, 3.8) is 0 Å². The fourth-order valence-corrected chi connectivity index (χ4v) is 3.35. The number of nitrogens with zero attached hydrogens (tertiary/aromatic N) is 4. The van der Waals surface area contributed by atoms with Gasteiger partial charge in [0, 0.05) is 5.56 Å². The molecule has 5 nitrogen and oxygen atoms in total. The van der Waals surface area contributed by atoms with Gasteiger partial charge in [0.05, 0.1) is 11.3 Å². The minimum absolute atomic E-state index is 0.253. The molecule has 1 aromatic carbocycles. The quantitative estimate of drug-likeness (QED) is 0.651. The first-order valence-electron chi connectivity index (χ1n) is 6.35. The van der Waals surface area contributed by atoms with E-state index in [1.165, 1.54) is 35.2 Å². The van der Waals surface area contributed by atoms with Crippen LogP contribution in [0.5, 0.6) is 0 Å². The Morgan fingerprint density at radius 3 is 2.52 bits per heavy atom. The number of halogens is 3. The fourth-order valence-electron chi connectivity index (χ4n) is 1.70. The van der Waals surface area contributed by atoms with Gasteiger partial charge in [-0.25, -0.2) is 0 Å². The molecule has 0 aliphatic heterocycles. The molecule has 0 radical (unpaired) electrons. The number of hydrogen-bond acceptors (Lipinski definition) is 7. The summed E-state index contributed by atoms with van der Waals surface area (Å²) in [5, 5.41) is 12.5. The van der Waals surface area contributed by atoms with Crippen molar-refractivity contribution >= 4 is 23.1 Å². The van der Waals surface area contributed by atoms with Gasteiger partial charge in [-0.1, -0.05) is 40.4 Å². The molecular formula is C13H9F3N4OS2. The summed E-state index contributed by atoms with van der Waals surface area (Å²) in [5.41, 5.74) is -0.253. The average molecular weight is 358 g/mol. The lowest BCUT2D eigenvalue weighted by molar-refractivity contribution is -0.137.